The van der Waals surface area contributed by atoms with E-state index in [1.807, 2.05) is 0 Å². The van der Waals surface area contributed by atoms with Crippen molar-refractivity contribution in [1.82, 2.24) is 5.32 Å². The van der Waals surface area contributed by atoms with Gasteiger partial charge in [0.1, 0.15) is 0 Å². The molecule has 0 heterocycles. The molecule has 1 rings (SSSR count). The number of alkyl halides is 1. The summed E-state index contributed by atoms with van der Waals surface area (Å²) in [5.41, 5.74) is 0. The number of aliphatic hydroxyl groups excluding tert-OH is 1. The highest BCUT2D eigenvalue weighted by Gasteiger charge is 2.28. The number of hydrogen-bond acceptors (Lipinski definition) is 3. The molecule has 6 heteroatoms. The Hall–Kier alpha value is -0.810. The number of carboxylic acids is 1. The number of halogens is 1. The minimum Gasteiger partial charge on any atom is -0.481 e. The Kier molecular flexibility index (Phi) is 6.43. The molecule has 1 amide bonds. The van der Waals surface area contributed by atoms with Crippen molar-refractivity contribution in [2.75, 3.05) is 0 Å². The third-order valence-electron chi connectivity index (χ3n) is 3.14. The second kappa shape index (κ2) is 7.59. The van der Waals surface area contributed by atoms with Gasteiger partial charge in [0, 0.05) is 18.2 Å². The number of rotatable bonds is 6. The van der Waals surface area contributed by atoms with Crippen LogP contribution in [0.25, 0.3) is 0 Å². The lowest BCUT2D eigenvalue weighted by Crippen LogP contribution is -2.47. The molecule has 0 radical (unpaired) electrons. The third-order valence-corrected chi connectivity index (χ3v) is 3.54. The number of amides is 1. The molecule has 0 aromatic heterocycles. The highest BCUT2D eigenvalue weighted by molar-refractivity contribution is 6.20. The third kappa shape index (κ3) is 5.69. The van der Waals surface area contributed by atoms with Crippen LogP contribution < -0.4 is 5.32 Å². The fourth-order valence-electron chi connectivity index (χ4n) is 2.11. The Morgan fingerprint density at radius 2 is 1.89 bits per heavy atom. The van der Waals surface area contributed by atoms with Gasteiger partial charge in [0.05, 0.1) is 12.1 Å². The molecule has 0 saturated heterocycles. The molecule has 18 heavy (non-hydrogen) atoms. The van der Waals surface area contributed by atoms with Gasteiger partial charge in [0.25, 0.3) is 0 Å². The van der Waals surface area contributed by atoms with Crippen molar-refractivity contribution in [2.24, 2.45) is 0 Å². The second-order valence-electron chi connectivity index (χ2n) is 4.75. The van der Waals surface area contributed by atoms with E-state index in [9.17, 15) is 14.7 Å². The van der Waals surface area contributed by atoms with E-state index in [4.69, 9.17) is 16.7 Å². The fourth-order valence-corrected chi connectivity index (χ4v) is 2.41. The first-order chi connectivity index (χ1) is 8.49. The largest absolute Gasteiger partial charge is 0.481 e. The molecule has 1 aliphatic rings. The van der Waals surface area contributed by atoms with Crippen LogP contribution in [0.3, 0.4) is 0 Å². The number of carbonyl (C=O) groups excluding carboxylic acids is 1. The average Bonchev–Trinajstić information content (AvgIpc) is 2.28. The topological polar surface area (TPSA) is 86.6 Å². The number of aliphatic hydroxyl groups is 1. The minimum atomic E-state index is -0.841. The van der Waals surface area contributed by atoms with Gasteiger partial charge in [0.2, 0.25) is 5.91 Å². The van der Waals surface area contributed by atoms with E-state index in [1.54, 1.807) is 0 Å². The first kappa shape index (κ1) is 15.2. The Bertz CT molecular complexity index is 298. The van der Waals surface area contributed by atoms with Crippen molar-refractivity contribution in [3.05, 3.63) is 0 Å². The van der Waals surface area contributed by atoms with Crippen molar-refractivity contribution >= 4 is 23.5 Å². The number of nitrogens with one attached hydrogen (secondary N) is 1. The van der Waals surface area contributed by atoms with Crippen molar-refractivity contribution in [3.8, 4) is 0 Å². The quantitative estimate of drug-likeness (QED) is 0.504. The van der Waals surface area contributed by atoms with E-state index in [-0.39, 0.29) is 23.7 Å². The van der Waals surface area contributed by atoms with Crippen LogP contribution in [0.5, 0.6) is 0 Å². The van der Waals surface area contributed by atoms with Crippen LogP contribution in [0.4, 0.5) is 0 Å². The van der Waals surface area contributed by atoms with Gasteiger partial charge in [-0.2, -0.15) is 0 Å². The SMILES string of the molecule is O=C(O)CCCCC(=O)NC1CCC(Cl)CC1O. The predicted molar refractivity (Wildman–Crippen MR) is 67.5 cm³/mol. The molecule has 1 saturated carbocycles. The van der Waals surface area contributed by atoms with Gasteiger partial charge >= 0.3 is 5.97 Å². The van der Waals surface area contributed by atoms with Crippen LogP contribution >= 0.6 is 11.6 Å². The number of unbranched alkanes of at least 4 members (excludes halogenated alkanes) is 1. The molecule has 0 spiro atoms. The zero-order chi connectivity index (χ0) is 13.5. The molecule has 0 aliphatic heterocycles. The Morgan fingerprint density at radius 1 is 1.22 bits per heavy atom. The maximum atomic E-state index is 11.6. The maximum absolute atomic E-state index is 11.6. The summed E-state index contributed by atoms with van der Waals surface area (Å²) < 4.78 is 0. The first-order valence-corrected chi connectivity index (χ1v) is 6.76. The molecule has 3 atom stereocenters. The van der Waals surface area contributed by atoms with E-state index in [0.29, 0.717) is 32.1 Å². The normalized spacial score (nSPS) is 27.8. The monoisotopic (exact) mass is 277 g/mol. The van der Waals surface area contributed by atoms with Gasteiger partial charge in [-0.1, -0.05) is 0 Å². The first-order valence-electron chi connectivity index (χ1n) is 6.32. The van der Waals surface area contributed by atoms with Gasteiger partial charge < -0.3 is 15.5 Å². The van der Waals surface area contributed by atoms with Gasteiger partial charge in [-0.05, 0) is 32.1 Å². The van der Waals surface area contributed by atoms with Gasteiger partial charge in [0.15, 0.2) is 0 Å². The van der Waals surface area contributed by atoms with Crippen molar-refractivity contribution in [3.63, 3.8) is 0 Å². The molecule has 0 bridgehead atoms. The van der Waals surface area contributed by atoms with Crippen molar-refractivity contribution in [1.29, 1.82) is 0 Å². The van der Waals surface area contributed by atoms with Gasteiger partial charge in [-0.3, -0.25) is 9.59 Å². The standard InChI is InChI=1S/C12H20ClNO4/c13-8-5-6-9(10(15)7-8)14-11(16)3-1-2-4-12(17)18/h8-10,15H,1-7H2,(H,14,16)(H,17,18). The highest BCUT2D eigenvalue weighted by atomic mass is 35.5. The molecular weight excluding hydrogens is 258 g/mol. The van der Waals surface area contributed by atoms with Crippen LogP contribution in [0, 0.1) is 0 Å². The summed E-state index contributed by atoms with van der Waals surface area (Å²) in [5, 5.41) is 21.0. The molecule has 0 aromatic rings. The summed E-state index contributed by atoms with van der Waals surface area (Å²) in [6.07, 6.45) is 2.86. The molecule has 0 aromatic carbocycles. The second-order valence-corrected chi connectivity index (χ2v) is 5.37. The smallest absolute Gasteiger partial charge is 0.303 e. The molecule has 3 unspecified atom stereocenters. The summed E-state index contributed by atoms with van der Waals surface area (Å²) in [4.78, 5) is 21.9. The number of aliphatic carboxylic acids is 1. The molecule has 5 nitrogen and oxygen atoms in total. The van der Waals surface area contributed by atoms with Gasteiger partial charge in [-0.25, -0.2) is 0 Å². The summed E-state index contributed by atoms with van der Waals surface area (Å²) in [7, 11) is 0. The lowest BCUT2D eigenvalue weighted by molar-refractivity contribution is -0.137. The average molecular weight is 278 g/mol. The molecule has 3 N–H and O–H groups in total. The molecule has 1 fully saturated rings. The summed E-state index contributed by atoms with van der Waals surface area (Å²) >= 11 is 5.92. The van der Waals surface area contributed by atoms with Crippen molar-refractivity contribution < 1.29 is 19.8 Å². The molecular formula is C12H20ClNO4. The van der Waals surface area contributed by atoms with E-state index in [1.165, 1.54) is 0 Å². The number of carbonyl (C=O) groups is 2. The Labute approximate surface area is 112 Å². The maximum Gasteiger partial charge on any atom is 0.303 e. The van der Waals surface area contributed by atoms with Crippen LogP contribution in [-0.2, 0) is 9.59 Å². The fraction of sp³-hybridized carbons (Fsp3) is 0.833. The molecule has 104 valence electrons. The Morgan fingerprint density at radius 3 is 2.50 bits per heavy atom. The summed E-state index contributed by atoms with van der Waals surface area (Å²) in [5.74, 6) is -0.969. The summed E-state index contributed by atoms with van der Waals surface area (Å²) in [6.45, 7) is 0. The Balaban J connectivity index is 2.17. The highest BCUT2D eigenvalue weighted by Crippen LogP contribution is 2.23. The minimum absolute atomic E-state index is 0.0104. The zero-order valence-corrected chi connectivity index (χ0v) is 11.0. The lowest BCUT2D eigenvalue weighted by atomic mass is 9.92. The molecule has 1 aliphatic carbocycles. The number of carboxylic acid groups (broad SMARTS) is 1. The van der Waals surface area contributed by atoms with Crippen LogP contribution in [0.1, 0.15) is 44.9 Å². The van der Waals surface area contributed by atoms with E-state index >= 15 is 0 Å². The summed E-state index contributed by atoms with van der Waals surface area (Å²) in [6, 6.07) is -0.216. The van der Waals surface area contributed by atoms with Crippen molar-refractivity contribution in [2.45, 2.75) is 62.5 Å². The van der Waals surface area contributed by atoms with Crippen LogP contribution in [-0.4, -0.2) is 39.6 Å². The van der Waals surface area contributed by atoms with E-state index in [2.05, 4.69) is 5.32 Å². The number of hydrogen-bond donors (Lipinski definition) is 3. The van der Waals surface area contributed by atoms with Crippen LogP contribution in [0.15, 0.2) is 0 Å². The van der Waals surface area contributed by atoms with E-state index in [0.717, 1.165) is 6.42 Å². The lowest BCUT2D eigenvalue weighted by Gasteiger charge is -2.31. The predicted octanol–water partition coefficient (Wildman–Crippen LogP) is 1.27. The van der Waals surface area contributed by atoms with Crippen LogP contribution in [0.2, 0.25) is 0 Å². The van der Waals surface area contributed by atoms with E-state index < -0.39 is 12.1 Å². The zero-order valence-electron chi connectivity index (χ0n) is 10.3. The van der Waals surface area contributed by atoms with Gasteiger partial charge in [-0.15, -0.1) is 11.6 Å².